The zero-order valence-electron chi connectivity index (χ0n) is 8.97. The highest BCUT2D eigenvalue weighted by Gasteiger charge is 2.48. The minimum Gasteiger partial charge on any atom is -0.330 e. The van der Waals surface area contributed by atoms with E-state index >= 15 is 0 Å². The van der Waals surface area contributed by atoms with Crippen LogP contribution in [0.15, 0.2) is 4.99 Å². The molecule has 3 nitrogen and oxygen atoms in total. The molecule has 0 radical (unpaired) electrons. The molecule has 0 aromatic heterocycles. The number of aliphatic imine (C=N–C) groups is 1. The zero-order chi connectivity index (χ0) is 10.2. The monoisotopic (exact) mass is 213 g/mol. The fraction of sp³-hybridized carbons (Fsp3) is 0.900. The Labute approximate surface area is 90.1 Å². The van der Waals surface area contributed by atoms with Crippen molar-refractivity contribution >= 4 is 17.8 Å². The molecule has 2 rings (SSSR count). The van der Waals surface area contributed by atoms with Gasteiger partial charge in [-0.1, -0.05) is 13.8 Å². The summed E-state index contributed by atoms with van der Waals surface area (Å²) in [5.41, 5.74) is 6.70. The van der Waals surface area contributed by atoms with Gasteiger partial charge in [-0.3, -0.25) is 4.99 Å². The molecule has 3 N–H and O–H groups in total. The number of nitrogens with one attached hydrogen (secondary N) is 1. The Morgan fingerprint density at radius 1 is 1.50 bits per heavy atom. The predicted molar refractivity (Wildman–Crippen MR) is 62.1 cm³/mol. The van der Waals surface area contributed by atoms with Gasteiger partial charge in [-0.2, -0.15) is 0 Å². The van der Waals surface area contributed by atoms with Crippen molar-refractivity contribution in [3.63, 3.8) is 0 Å². The first-order chi connectivity index (χ1) is 6.55. The largest absolute Gasteiger partial charge is 0.330 e. The number of hydrogen-bond donors (Lipinski definition) is 2. The van der Waals surface area contributed by atoms with Crippen molar-refractivity contribution in [2.45, 2.75) is 33.1 Å². The lowest BCUT2D eigenvalue weighted by Crippen LogP contribution is -2.49. The zero-order valence-corrected chi connectivity index (χ0v) is 9.78. The molecule has 0 atom stereocenters. The van der Waals surface area contributed by atoms with Gasteiger partial charge >= 0.3 is 0 Å². The van der Waals surface area contributed by atoms with Crippen molar-refractivity contribution in [1.82, 2.24) is 4.72 Å². The molecule has 1 saturated carbocycles. The summed E-state index contributed by atoms with van der Waals surface area (Å²) < 4.78 is 3.25. The molecule has 0 bridgehead atoms. The summed E-state index contributed by atoms with van der Waals surface area (Å²) in [6.45, 7) is 5.43. The van der Waals surface area contributed by atoms with Gasteiger partial charge in [0, 0.05) is 6.42 Å². The molecule has 80 valence electrons. The van der Waals surface area contributed by atoms with Gasteiger partial charge < -0.3 is 10.5 Å². The van der Waals surface area contributed by atoms with Gasteiger partial charge in [-0.25, -0.2) is 0 Å². The summed E-state index contributed by atoms with van der Waals surface area (Å²) in [6.07, 6.45) is 3.52. The Morgan fingerprint density at radius 2 is 2.21 bits per heavy atom. The van der Waals surface area contributed by atoms with Crippen LogP contribution in [0, 0.1) is 10.8 Å². The minimum absolute atomic E-state index is 0.334. The molecular weight excluding hydrogens is 194 g/mol. The SMILES string of the molecule is CC1(C)CC(CN)(CC2=NCSN2)C1. The topological polar surface area (TPSA) is 50.4 Å². The third-order valence-electron chi connectivity index (χ3n) is 3.19. The second-order valence-electron chi connectivity index (χ2n) is 5.38. The normalized spacial score (nSPS) is 27.8. The average Bonchev–Trinajstić information content (AvgIpc) is 2.53. The van der Waals surface area contributed by atoms with Crippen LogP contribution < -0.4 is 10.5 Å². The standard InChI is InChI=1S/C10H19N3S/c1-9(2)4-10(5-9,6-11)3-8-12-7-14-13-8/h3-7,11H2,1-2H3,(H,12,13). The van der Waals surface area contributed by atoms with Crippen LogP contribution in [0.25, 0.3) is 0 Å². The third kappa shape index (κ3) is 1.91. The highest BCUT2D eigenvalue weighted by molar-refractivity contribution is 7.98. The van der Waals surface area contributed by atoms with Crippen molar-refractivity contribution in [2.24, 2.45) is 21.6 Å². The number of nitrogens with two attached hydrogens (primary N) is 1. The van der Waals surface area contributed by atoms with Crippen LogP contribution in [0.1, 0.15) is 33.1 Å². The minimum atomic E-state index is 0.334. The van der Waals surface area contributed by atoms with Gasteiger partial charge in [0.05, 0.1) is 0 Å². The molecule has 4 heteroatoms. The quantitative estimate of drug-likeness (QED) is 0.702. The van der Waals surface area contributed by atoms with Crippen molar-refractivity contribution in [3.8, 4) is 0 Å². The first-order valence-electron chi connectivity index (χ1n) is 5.17. The fourth-order valence-corrected chi connectivity index (χ4v) is 3.61. The second kappa shape index (κ2) is 3.42. The second-order valence-corrected chi connectivity index (χ2v) is 6.13. The lowest BCUT2D eigenvalue weighted by atomic mass is 9.53. The summed E-state index contributed by atoms with van der Waals surface area (Å²) in [5.74, 6) is 2.01. The van der Waals surface area contributed by atoms with Gasteiger partial charge in [0.1, 0.15) is 11.7 Å². The number of amidine groups is 1. The van der Waals surface area contributed by atoms with Crippen LogP contribution in [0.2, 0.25) is 0 Å². The van der Waals surface area contributed by atoms with Crippen LogP contribution >= 0.6 is 11.9 Å². The van der Waals surface area contributed by atoms with Crippen LogP contribution in [0.5, 0.6) is 0 Å². The number of rotatable bonds is 3. The van der Waals surface area contributed by atoms with Crippen molar-refractivity contribution in [2.75, 3.05) is 12.4 Å². The van der Waals surface area contributed by atoms with E-state index < -0.39 is 0 Å². The predicted octanol–water partition coefficient (Wildman–Crippen LogP) is 1.75. The van der Waals surface area contributed by atoms with E-state index in [2.05, 4.69) is 23.6 Å². The summed E-state index contributed by atoms with van der Waals surface area (Å²) in [4.78, 5) is 4.41. The maximum Gasteiger partial charge on any atom is 0.108 e. The summed E-state index contributed by atoms with van der Waals surface area (Å²) in [5, 5.41) is 0. The van der Waals surface area contributed by atoms with Crippen LogP contribution in [0.3, 0.4) is 0 Å². The molecule has 2 aliphatic rings. The van der Waals surface area contributed by atoms with Gasteiger partial charge in [0.2, 0.25) is 0 Å². The molecule has 0 saturated heterocycles. The van der Waals surface area contributed by atoms with Gasteiger partial charge in [0.15, 0.2) is 0 Å². The molecule has 14 heavy (non-hydrogen) atoms. The Bertz CT molecular complexity index is 252. The van der Waals surface area contributed by atoms with E-state index in [1.807, 2.05) is 0 Å². The average molecular weight is 213 g/mol. The van der Waals surface area contributed by atoms with Crippen molar-refractivity contribution < 1.29 is 0 Å². The van der Waals surface area contributed by atoms with Crippen LogP contribution in [-0.4, -0.2) is 18.3 Å². The molecule has 1 heterocycles. The molecule has 0 unspecified atom stereocenters. The van der Waals surface area contributed by atoms with E-state index in [1.165, 1.54) is 12.8 Å². The maximum absolute atomic E-state index is 5.88. The molecule has 0 amide bonds. The first-order valence-corrected chi connectivity index (χ1v) is 6.15. The first kappa shape index (κ1) is 10.3. The molecule has 0 spiro atoms. The van der Waals surface area contributed by atoms with E-state index in [9.17, 15) is 0 Å². The van der Waals surface area contributed by atoms with Crippen LogP contribution in [-0.2, 0) is 0 Å². The Kier molecular flexibility index (Phi) is 2.52. The third-order valence-corrected chi connectivity index (χ3v) is 3.83. The van der Waals surface area contributed by atoms with Crippen LogP contribution in [0.4, 0.5) is 0 Å². The van der Waals surface area contributed by atoms with Gasteiger partial charge in [0.25, 0.3) is 0 Å². The van der Waals surface area contributed by atoms with E-state index in [0.717, 1.165) is 24.7 Å². The lowest BCUT2D eigenvalue weighted by molar-refractivity contribution is 0.000704. The van der Waals surface area contributed by atoms with E-state index in [1.54, 1.807) is 11.9 Å². The van der Waals surface area contributed by atoms with E-state index in [0.29, 0.717) is 10.8 Å². The Hall–Kier alpha value is -0.220. The summed E-state index contributed by atoms with van der Waals surface area (Å²) >= 11 is 1.67. The molecular formula is C10H19N3S. The summed E-state index contributed by atoms with van der Waals surface area (Å²) in [7, 11) is 0. The van der Waals surface area contributed by atoms with Gasteiger partial charge in [-0.15, -0.1) is 0 Å². The smallest absolute Gasteiger partial charge is 0.108 e. The van der Waals surface area contributed by atoms with E-state index in [-0.39, 0.29) is 0 Å². The highest BCUT2D eigenvalue weighted by Crippen LogP contribution is 2.55. The molecule has 1 aliphatic carbocycles. The fourth-order valence-electron chi connectivity index (χ4n) is 3.03. The van der Waals surface area contributed by atoms with Gasteiger partial charge in [-0.05, 0) is 42.2 Å². The lowest BCUT2D eigenvalue weighted by Gasteiger charge is -2.53. The highest BCUT2D eigenvalue weighted by atomic mass is 32.2. The molecule has 0 aromatic carbocycles. The number of nitrogens with zero attached hydrogens (tertiary/aromatic N) is 1. The maximum atomic E-state index is 5.88. The van der Waals surface area contributed by atoms with E-state index in [4.69, 9.17) is 5.73 Å². The summed E-state index contributed by atoms with van der Waals surface area (Å²) in [6, 6.07) is 0. The number of hydrogen-bond acceptors (Lipinski definition) is 4. The van der Waals surface area contributed by atoms with Crippen molar-refractivity contribution in [3.05, 3.63) is 0 Å². The molecule has 1 aliphatic heterocycles. The van der Waals surface area contributed by atoms with Crippen molar-refractivity contribution in [1.29, 1.82) is 0 Å². The molecule has 1 fully saturated rings. The molecule has 0 aromatic rings. The Balaban J connectivity index is 1.95. The Morgan fingerprint density at radius 3 is 2.64 bits per heavy atom.